The molecule has 0 aliphatic carbocycles. The average Bonchev–Trinajstić information content (AvgIpc) is 3.27. The molecule has 0 aliphatic heterocycles. The summed E-state index contributed by atoms with van der Waals surface area (Å²) in [5.41, 5.74) is 4.90. The molecule has 0 amide bonds. The van der Waals surface area contributed by atoms with Crippen LogP contribution in [0.2, 0.25) is 0 Å². The smallest absolute Gasteiger partial charge is 0.191 e. The van der Waals surface area contributed by atoms with Crippen molar-refractivity contribution in [1.82, 2.24) is 20.6 Å². The number of aliphatic imine (C=N–C) groups is 1. The second kappa shape index (κ2) is 10.7. The van der Waals surface area contributed by atoms with Crippen LogP contribution in [0.1, 0.15) is 35.7 Å². The number of guanidine groups is 1. The summed E-state index contributed by atoms with van der Waals surface area (Å²) in [5.74, 6) is 0.843. The number of H-pyrrole nitrogens is 1. The molecular formula is C20H28IN5S. The molecule has 146 valence electrons. The van der Waals surface area contributed by atoms with E-state index in [9.17, 15) is 0 Å². The minimum absolute atomic E-state index is 0. The lowest BCUT2D eigenvalue weighted by Crippen LogP contribution is -2.38. The number of halogens is 1. The van der Waals surface area contributed by atoms with Gasteiger partial charge in [-0.25, -0.2) is 9.98 Å². The predicted molar refractivity (Wildman–Crippen MR) is 126 cm³/mol. The molecule has 0 saturated heterocycles. The lowest BCUT2D eigenvalue weighted by molar-refractivity contribution is 0.798. The quantitative estimate of drug-likeness (QED) is 0.258. The van der Waals surface area contributed by atoms with Crippen LogP contribution in [-0.2, 0) is 19.4 Å². The normalized spacial score (nSPS) is 11.4. The predicted octanol–water partition coefficient (Wildman–Crippen LogP) is 4.41. The lowest BCUT2D eigenvalue weighted by atomic mass is 10.1. The molecule has 0 aliphatic rings. The maximum Gasteiger partial charge on any atom is 0.191 e. The molecule has 2 aromatic heterocycles. The zero-order valence-electron chi connectivity index (χ0n) is 16.1. The van der Waals surface area contributed by atoms with Crippen LogP contribution in [0.25, 0.3) is 10.9 Å². The van der Waals surface area contributed by atoms with Crippen LogP contribution >= 0.6 is 35.3 Å². The molecule has 0 spiro atoms. The average molecular weight is 497 g/mol. The van der Waals surface area contributed by atoms with Crippen molar-refractivity contribution in [3.63, 3.8) is 0 Å². The Morgan fingerprint density at radius 3 is 2.85 bits per heavy atom. The molecule has 0 bridgehead atoms. The summed E-state index contributed by atoms with van der Waals surface area (Å²) in [6.07, 6.45) is 4.05. The summed E-state index contributed by atoms with van der Waals surface area (Å²) in [5, 5.41) is 11.3. The molecule has 3 N–H and O–H groups in total. The number of rotatable bonds is 7. The Labute approximate surface area is 182 Å². The number of aromatic amines is 1. The third-order valence-electron chi connectivity index (χ3n) is 4.33. The van der Waals surface area contributed by atoms with Gasteiger partial charge in [0.2, 0.25) is 0 Å². The Kier molecular flexibility index (Phi) is 8.56. The molecule has 0 fully saturated rings. The number of aryl methyl sites for hydroxylation is 2. The van der Waals surface area contributed by atoms with E-state index in [4.69, 9.17) is 0 Å². The Hall–Kier alpha value is -1.61. The van der Waals surface area contributed by atoms with Crippen LogP contribution in [0.5, 0.6) is 0 Å². The van der Waals surface area contributed by atoms with Crippen LogP contribution in [0, 0.1) is 6.92 Å². The number of benzene rings is 1. The van der Waals surface area contributed by atoms with Gasteiger partial charge in [-0.15, -0.1) is 35.3 Å². The van der Waals surface area contributed by atoms with Gasteiger partial charge in [0.15, 0.2) is 5.96 Å². The van der Waals surface area contributed by atoms with Crippen LogP contribution in [-0.4, -0.2) is 29.0 Å². The monoisotopic (exact) mass is 497 g/mol. The van der Waals surface area contributed by atoms with Gasteiger partial charge in [-0.3, -0.25) is 0 Å². The van der Waals surface area contributed by atoms with Gasteiger partial charge >= 0.3 is 0 Å². The first kappa shape index (κ1) is 21.7. The minimum atomic E-state index is 0. The molecule has 7 heteroatoms. The molecule has 0 atom stereocenters. The van der Waals surface area contributed by atoms with Crippen molar-refractivity contribution in [2.24, 2.45) is 4.99 Å². The van der Waals surface area contributed by atoms with E-state index >= 15 is 0 Å². The van der Waals surface area contributed by atoms with Crippen molar-refractivity contribution in [2.75, 3.05) is 13.1 Å². The Balaban J connectivity index is 0.00000261. The van der Waals surface area contributed by atoms with Gasteiger partial charge in [0, 0.05) is 35.6 Å². The molecule has 1 aromatic carbocycles. The molecule has 0 saturated carbocycles. The number of fused-ring (bicyclic) bond motifs is 1. The van der Waals surface area contributed by atoms with E-state index in [1.54, 1.807) is 11.3 Å². The van der Waals surface area contributed by atoms with Crippen molar-refractivity contribution < 1.29 is 0 Å². The maximum absolute atomic E-state index is 4.66. The summed E-state index contributed by atoms with van der Waals surface area (Å²) in [4.78, 5) is 12.6. The molecule has 2 heterocycles. The second-order valence-electron chi connectivity index (χ2n) is 6.27. The molecule has 3 rings (SSSR count). The highest BCUT2D eigenvalue weighted by Gasteiger charge is 2.06. The Morgan fingerprint density at radius 1 is 1.26 bits per heavy atom. The summed E-state index contributed by atoms with van der Waals surface area (Å²) >= 11 is 1.71. The molecule has 27 heavy (non-hydrogen) atoms. The minimum Gasteiger partial charge on any atom is -0.361 e. The van der Waals surface area contributed by atoms with E-state index in [1.807, 2.05) is 0 Å². The standard InChI is InChI=1S/C20H27N5S.HI/c1-4-18-25-16(13-26-18)12-24-20(21-5-2)22-10-9-15-11-23-17-8-6-7-14(3)19(15)17;/h6-8,11,13,23H,4-5,9-10,12H2,1-3H3,(H2,21,22,24);1H. The van der Waals surface area contributed by atoms with Crippen molar-refractivity contribution in [2.45, 2.75) is 40.2 Å². The first-order chi connectivity index (χ1) is 12.7. The van der Waals surface area contributed by atoms with Crippen LogP contribution in [0.4, 0.5) is 0 Å². The summed E-state index contributed by atoms with van der Waals surface area (Å²) in [6, 6.07) is 6.38. The van der Waals surface area contributed by atoms with E-state index in [-0.39, 0.29) is 24.0 Å². The van der Waals surface area contributed by atoms with Crippen LogP contribution in [0.3, 0.4) is 0 Å². The number of hydrogen-bond donors (Lipinski definition) is 3. The SMILES string of the molecule is CCNC(=NCc1csc(CC)n1)NCCc1c[nH]c2cccc(C)c12.I. The Bertz CT molecular complexity index is 884. The molecular weight excluding hydrogens is 469 g/mol. The highest BCUT2D eigenvalue weighted by molar-refractivity contribution is 14.0. The number of nitrogens with one attached hydrogen (secondary N) is 3. The number of thiazole rings is 1. The summed E-state index contributed by atoms with van der Waals surface area (Å²) in [7, 11) is 0. The van der Waals surface area contributed by atoms with Gasteiger partial charge in [0.25, 0.3) is 0 Å². The number of nitrogens with zero attached hydrogens (tertiary/aromatic N) is 2. The van der Waals surface area contributed by atoms with Crippen molar-refractivity contribution in [1.29, 1.82) is 0 Å². The zero-order valence-corrected chi connectivity index (χ0v) is 19.3. The van der Waals surface area contributed by atoms with Crippen molar-refractivity contribution in [3.8, 4) is 0 Å². The first-order valence-electron chi connectivity index (χ1n) is 9.22. The number of aromatic nitrogens is 2. The third-order valence-corrected chi connectivity index (χ3v) is 5.37. The topological polar surface area (TPSA) is 65.1 Å². The largest absolute Gasteiger partial charge is 0.361 e. The zero-order chi connectivity index (χ0) is 18.4. The van der Waals surface area contributed by atoms with E-state index in [0.29, 0.717) is 6.54 Å². The maximum atomic E-state index is 4.66. The van der Waals surface area contributed by atoms with Crippen LogP contribution < -0.4 is 10.6 Å². The van der Waals surface area contributed by atoms with Gasteiger partial charge < -0.3 is 15.6 Å². The van der Waals surface area contributed by atoms with Crippen molar-refractivity contribution in [3.05, 3.63) is 51.6 Å². The van der Waals surface area contributed by atoms with E-state index < -0.39 is 0 Å². The molecule has 0 radical (unpaired) electrons. The van der Waals surface area contributed by atoms with Crippen molar-refractivity contribution >= 4 is 52.2 Å². The fourth-order valence-electron chi connectivity index (χ4n) is 3.05. The molecule has 0 unspecified atom stereocenters. The Morgan fingerprint density at radius 2 is 2.11 bits per heavy atom. The molecule has 5 nitrogen and oxygen atoms in total. The third kappa shape index (κ3) is 5.68. The number of hydrogen-bond acceptors (Lipinski definition) is 3. The van der Waals surface area contributed by atoms with Gasteiger partial charge in [-0.2, -0.15) is 0 Å². The van der Waals surface area contributed by atoms with Gasteiger partial charge in [0.1, 0.15) is 0 Å². The van der Waals surface area contributed by atoms with E-state index in [1.165, 1.54) is 27.0 Å². The van der Waals surface area contributed by atoms with Crippen LogP contribution in [0.15, 0.2) is 34.8 Å². The first-order valence-corrected chi connectivity index (χ1v) is 10.1. The van der Waals surface area contributed by atoms with E-state index in [2.05, 4.69) is 76.1 Å². The molecule has 3 aromatic rings. The highest BCUT2D eigenvalue weighted by Crippen LogP contribution is 2.22. The fraction of sp³-hybridized carbons (Fsp3) is 0.400. The van der Waals surface area contributed by atoms with Gasteiger partial charge in [-0.05, 0) is 43.9 Å². The highest BCUT2D eigenvalue weighted by atomic mass is 127. The fourth-order valence-corrected chi connectivity index (χ4v) is 3.79. The summed E-state index contributed by atoms with van der Waals surface area (Å²) in [6.45, 7) is 8.66. The second-order valence-corrected chi connectivity index (χ2v) is 7.21. The van der Waals surface area contributed by atoms with Gasteiger partial charge in [-0.1, -0.05) is 19.1 Å². The summed E-state index contributed by atoms with van der Waals surface area (Å²) < 4.78 is 0. The lowest BCUT2D eigenvalue weighted by Gasteiger charge is -2.11. The van der Waals surface area contributed by atoms with Gasteiger partial charge in [0.05, 0.1) is 17.2 Å². The van der Waals surface area contributed by atoms with E-state index in [0.717, 1.165) is 37.6 Å².